The van der Waals surface area contributed by atoms with Gasteiger partial charge in [0.25, 0.3) is 0 Å². The van der Waals surface area contributed by atoms with Gasteiger partial charge in [0, 0.05) is 6.07 Å². The van der Waals surface area contributed by atoms with E-state index in [1.54, 1.807) is 0 Å². The lowest BCUT2D eigenvalue weighted by Gasteiger charge is -2.22. The first kappa shape index (κ1) is 14.7. The highest BCUT2D eigenvalue weighted by Gasteiger charge is 2.24. The van der Waals surface area contributed by atoms with Gasteiger partial charge in [0.05, 0.1) is 36.8 Å². The fraction of sp³-hybridized carbons (Fsp3) is 0.308. The van der Waals surface area contributed by atoms with Gasteiger partial charge in [0.1, 0.15) is 11.6 Å². The minimum atomic E-state index is -0.953. The van der Waals surface area contributed by atoms with E-state index in [-0.39, 0.29) is 18.7 Å². The number of carbonyl (C=O) groups is 1. The molecule has 0 saturated carbocycles. The highest BCUT2D eigenvalue weighted by atomic mass is 19.1. The molecule has 0 saturated heterocycles. The third-order valence-corrected chi connectivity index (χ3v) is 2.67. The highest BCUT2D eigenvalue weighted by molar-refractivity contribution is 6.00. The van der Waals surface area contributed by atoms with Crippen LogP contribution in [-0.2, 0) is 0 Å². The first-order valence-corrected chi connectivity index (χ1v) is 5.48. The van der Waals surface area contributed by atoms with Crippen LogP contribution in [0.3, 0.4) is 0 Å². The van der Waals surface area contributed by atoms with Gasteiger partial charge in [-0.2, -0.15) is 10.5 Å². The van der Waals surface area contributed by atoms with E-state index in [9.17, 15) is 13.6 Å². The SMILES string of the molecule is CC(C(=O)c1ccc(F)cc1F)N(CC#N)CC#N. The van der Waals surface area contributed by atoms with Crippen molar-refractivity contribution in [2.75, 3.05) is 13.1 Å². The predicted molar refractivity (Wildman–Crippen MR) is 62.9 cm³/mol. The second kappa shape index (κ2) is 6.58. The molecule has 6 heteroatoms. The molecule has 0 bridgehead atoms. The third kappa shape index (κ3) is 3.57. The molecular formula is C13H11F2N3O. The number of carbonyl (C=O) groups excluding carboxylic acids is 1. The van der Waals surface area contributed by atoms with Crippen LogP contribution in [0.1, 0.15) is 17.3 Å². The molecule has 1 aromatic rings. The van der Waals surface area contributed by atoms with Crippen molar-refractivity contribution >= 4 is 5.78 Å². The maximum atomic E-state index is 13.5. The Labute approximate surface area is 109 Å². The minimum absolute atomic E-state index is 0.122. The standard InChI is InChI=1S/C13H11F2N3O/c1-9(18(6-4-16)7-5-17)13(19)11-3-2-10(14)8-12(11)15/h2-3,8-9H,6-7H2,1H3. The third-order valence-electron chi connectivity index (χ3n) is 2.67. The number of nitriles is 2. The van der Waals surface area contributed by atoms with Gasteiger partial charge in [-0.3, -0.25) is 9.69 Å². The highest BCUT2D eigenvalue weighted by Crippen LogP contribution is 2.14. The monoisotopic (exact) mass is 263 g/mol. The first-order valence-electron chi connectivity index (χ1n) is 5.48. The Balaban J connectivity index is 2.98. The molecule has 0 N–H and O–H groups in total. The van der Waals surface area contributed by atoms with E-state index in [1.165, 1.54) is 11.8 Å². The van der Waals surface area contributed by atoms with E-state index in [1.807, 2.05) is 12.1 Å². The Kier molecular flexibility index (Phi) is 5.11. The topological polar surface area (TPSA) is 67.9 Å². The number of benzene rings is 1. The molecule has 19 heavy (non-hydrogen) atoms. The molecular weight excluding hydrogens is 252 g/mol. The Morgan fingerprint density at radius 2 is 1.89 bits per heavy atom. The molecule has 1 atom stereocenters. The van der Waals surface area contributed by atoms with Crippen molar-refractivity contribution in [3.05, 3.63) is 35.4 Å². The Bertz CT molecular complexity index is 544. The van der Waals surface area contributed by atoms with Gasteiger partial charge in [0.2, 0.25) is 0 Å². The summed E-state index contributed by atoms with van der Waals surface area (Å²) in [7, 11) is 0. The van der Waals surface area contributed by atoms with Gasteiger partial charge in [-0.25, -0.2) is 8.78 Å². The van der Waals surface area contributed by atoms with Crippen molar-refractivity contribution in [3.63, 3.8) is 0 Å². The van der Waals surface area contributed by atoms with Crippen LogP contribution in [0.2, 0.25) is 0 Å². The predicted octanol–water partition coefficient (Wildman–Crippen LogP) is 1.89. The summed E-state index contributed by atoms with van der Waals surface area (Å²) in [5.41, 5.74) is -0.255. The summed E-state index contributed by atoms with van der Waals surface area (Å²) in [6.45, 7) is 1.23. The van der Waals surface area contributed by atoms with Crippen molar-refractivity contribution in [2.24, 2.45) is 0 Å². The molecule has 0 fully saturated rings. The number of halogens is 2. The summed E-state index contributed by atoms with van der Waals surface area (Å²) in [5.74, 6) is -2.32. The van der Waals surface area contributed by atoms with Crippen LogP contribution in [-0.4, -0.2) is 29.8 Å². The van der Waals surface area contributed by atoms with E-state index in [2.05, 4.69) is 0 Å². The van der Waals surface area contributed by atoms with E-state index in [0.717, 1.165) is 12.1 Å². The molecule has 0 aliphatic carbocycles. The van der Waals surface area contributed by atoms with Crippen molar-refractivity contribution < 1.29 is 13.6 Å². The van der Waals surface area contributed by atoms with Crippen LogP contribution >= 0.6 is 0 Å². The largest absolute Gasteiger partial charge is 0.292 e. The number of hydrogen-bond acceptors (Lipinski definition) is 4. The average molecular weight is 263 g/mol. The maximum Gasteiger partial charge on any atom is 0.182 e. The quantitative estimate of drug-likeness (QED) is 0.601. The second-order valence-electron chi connectivity index (χ2n) is 3.89. The summed E-state index contributed by atoms with van der Waals surface area (Å²) < 4.78 is 26.3. The van der Waals surface area contributed by atoms with Crippen LogP contribution in [0.15, 0.2) is 18.2 Å². The van der Waals surface area contributed by atoms with Crippen LogP contribution < -0.4 is 0 Å². The van der Waals surface area contributed by atoms with Crippen molar-refractivity contribution in [1.82, 2.24) is 4.90 Å². The molecule has 0 spiro atoms. The summed E-state index contributed by atoms with van der Waals surface area (Å²) in [5, 5.41) is 17.2. The molecule has 0 heterocycles. The molecule has 0 aliphatic rings. The van der Waals surface area contributed by atoms with Gasteiger partial charge >= 0.3 is 0 Å². The zero-order valence-corrected chi connectivity index (χ0v) is 10.2. The average Bonchev–Trinajstić information content (AvgIpc) is 2.37. The molecule has 98 valence electrons. The van der Waals surface area contributed by atoms with E-state index in [4.69, 9.17) is 10.5 Å². The molecule has 0 aromatic heterocycles. The Morgan fingerprint density at radius 1 is 1.32 bits per heavy atom. The lowest BCUT2D eigenvalue weighted by Crippen LogP contribution is -2.40. The summed E-state index contributed by atoms with van der Waals surface area (Å²) in [4.78, 5) is 13.4. The summed E-state index contributed by atoms with van der Waals surface area (Å²) in [6.07, 6.45) is 0. The molecule has 0 amide bonds. The summed E-state index contributed by atoms with van der Waals surface area (Å²) in [6, 6.07) is 5.50. The molecule has 1 rings (SSSR count). The van der Waals surface area contributed by atoms with Gasteiger partial charge in [-0.15, -0.1) is 0 Å². The number of hydrogen-bond donors (Lipinski definition) is 0. The van der Waals surface area contributed by atoms with Gasteiger partial charge < -0.3 is 0 Å². The second-order valence-corrected chi connectivity index (χ2v) is 3.89. The number of Topliss-reactive ketones (excluding diaryl/α,β-unsaturated/α-hetero) is 1. The van der Waals surface area contributed by atoms with E-state index < -0.39 is 23.5 Å². The fourth-order valence-electron chi connectivity index (χ4n) is 1.59. The molecule has 0 aliphatic heterocycles. The lowest BCUT2D eigenvalue weighted by molar-refractivity contribution is 0.0864. The Morgan fingerprint density at radius 3 is 2.37 bits per heavy atom. The Hall–Kier alpha value is -2.31. The van der Waals surface area contributed by atoms with Gasteiger partial charge in [-0.1, -0.05) is 0 Å². The zero-order valence-electron chi connectivity index (χ0n) is 10.2. The zero-order chi connectivity index (χ0) is 14.4. The molecule has 1 unspecified atom stereocenters. The van der Waals surface area contributed by atoms with Crippen LogP contribution in [0.25, 0.3) is 0 Å². The van der Waals surface area contributed by atoms with Crippen LogP contribution in [0.5, 0.6) is 0 Å². The lowest BCUT2D eigenvalue weighted by atomic mass is 10.0. The smallest absolute Gasteiger partial charge is 0.182 e. The van der Waals surface area contributed by atoms with Gasteiger partial charge in [-0.05, 0) is 19.1 Å². The maximum absolute atomic E-state index is 13.5. The van der Waals surface area contributed by atoms with Crippen molar-refractivity contribution in [3.8, 4) is 12.1 Å². The minimum Gasteiger partial charge on any atom is -0.292 e. The molecule has 4 nitrogen and oxygen atoms in total. The van der Waals surface area contributed by atoms with Crippen molar-refractivity contribution in [2.45, 2.75) is 13.0 Å². The fourth-order valence-corrected chi connectivity index (χ4v) is 1.59. The van der Waals surface area contributed by atoms with E-state index in [0.29, 0.717) is 6.07 Å². The number of ketones is 1. The molecule has 1 aromatic carbocycles. The van der Waals surface area contributed by atoms with Gasteiger partial charge in [0.15, 0.2) is 5.78 Å². The van der Waals surface area contributed by atoms with E-state index >= 15 is 0 Å². The molecule has 0 radical (unpaired) electrons. The normalized spacial score (nSPS) is 11.7. The number of nitrogens with zero attached hydrogens (tertiary/aromatic N) is 3. The van der Waals surface area contributed by atoms with Crippen LogP contribution in [0, 0.1) is 34.3 Å². The summed E-state index contributed by atoms with van der Waals surface area (Å²) >= 11 is 0. The first-order chi connectivity index (χ1) is 9.01. The number of rotatable bonds is 5. The van der Waals surface area contributed by atoms with Crippen molar-refractivity contribution in [1.29, 1.82) is 10.5 Å². The van der Waals surface area contributed by atoms with Crippen LogP contribution in [0.4, 0.5) is 8.78 Å².